The molecule has 1 heterocycles. The standard InChI is InChI=1S/C19H23FN2O2/c1-11-4-6-14(7-5-11)21-19(23)16-10-17(24-3)15-9-13(20)8-12(2)18(15)22-16/h8-11,14H,4-7H2,1-3H3,(H,21,23). The Kier molecular flexibility index (Phi) is 4.69. The maximum absolute atomic E-state index is 13.7. The van der Waals surface area contributed by atoms with Crippen molar-refractivity contribution in [2.75, 3.05) is 7.11 Å². The van der Waals surface area contributed by atoms with Crippen molar-refractivity contribution in [3.8, 4) is 5.75 Å². The minimum Gasteiger partial charge on any atom is -0.496 e. The Hall–Kier alpha value is -2.17. The fourth-order valence-electron chi connectivity index (χ4n) is 3.38. The van der Waals surface area contributed by atoms with E-state index in [1.807, 2.05) is 0 Å². The largest absolute Gasteiger partial charge is 0.496 e. The number of pyridine rings is 1. The van der Waals surface area contributed by atoms with Crippen molar-refractivity contribution in [2.45, 2.75) is 45.6 Å². The Labute approximate surface area is 141 Å². The lowest BCUT2D eigenvalue weighted by atomic mass is 9.87. The van der Waals surface area contributed by atoms with E-state index in [4.69, 9.17) is 4.74 Å². The van der Waals surface area contributed by atoms with Gasteiger partial charge in [-0.2, -0.15) is 0 Å². The van der Waals surface area contributed by atoms with Crippen molar-refractivity contribution in [3.63, 3.8) is 0 Å². The topological polar surface area (TPSA) is 51.2 Å². The molecule has 3 rings (SSSR count). The van der Waals surface area contributed by atoms with Crippen molar-refractivity contribution >= 4 is 16.8 Å². The number of nitrogens with one attached hydrogen (secondary N) is 1. The summed E-state index contributed by atoms with van der Waals surface area (Å²) in [7, 11) is 1.51. The third-order valence-electron chi connectivity index (χ3n) is 4.83. The van der Waals surface area contributed by atoms with Crippen LogP contribution in [0, 0.1) is 18.7 Å². The van der Waals surface area contributed by atoms with Crippen LogP contribution in [0.25, 0.3) is 10.9 Å². The van der Waals surface area contributed by atoms with Crippen molar-refractivity contribution in [3.05, 3.63) is 35.3 Å². The second kappa shape index (κ2) is 6.75. The van der Waals surface area contributed by atoms with Gasteiger partial charge in [-0.3, -0.25) is 4.79 Å². The number of nitrogens with zero attached hydrogens (tertiary/aromatic N) is 1. The average Bonchev–Trinajstić information content (AvgIpc) is 2.56. The monoisotopic (exact) mass is 330 g/mol. The molecule has 1 aliphatic carbocycles. The lowest BCUT2D eigenvalue weighted by Crippen LogP contribution is -2.37. The van der Waals surface area contributed by atoms with Crippen LogP contribution in [-0.4, -0.2) is 24.0 Å². The highest BCUT2D eigenvalue weighted by Crippen LogP contribution is 2.29. The van der Waals surface area contributed by atoms with Gasteiger partial charge in [-0.1, -0.05) is 6.92 Å². The number of halogens is 1. The van der Waals surface area contributed by atoms with Crippen molar-refractivity contribution in [2.24, 2.45) is 5.92 Å². The van der Waals surface area contributed by atoms with E-state index in [9.17, 15) is 9.18 Å². The summed E-state index contributed by atoms with van der Waals surface area (Å²) in [5.74, 6) is 0.659. The molecule has 1 amide bonds. The van der Waals surface area contributed by atoms with Gasteiger partial charge in [0.05, 0.1) is 12.6 Å². The Balaban J connectivity index is 1.90. The van der Waals surface area contributed by atoms with Crippen LogP contribution < -0.4 is 10.1 Å². The van der Waals surface area contributed by atoms with Gasteiger partial charge in [0.25, 0.3) is 5.91 Å². The van der Waals surface area contributed by atoms with E-state index in [1.54, 1.807) is 13.0 Å². The highest BCUT2D eigenvalue weighted by atomic mass is 19.1. The maximum atomic E-state index is 13.7. The molecule has 1 aromatic carbocycles. The molecule has 0 spiro atoms. The third-order valence-corrected chi connectivity index (χ3v) is 4.83. The second-order valence-corrected chi connectivity index (χ2v) is 6.76. The van der Waals surface area contributed by atoms with Crippen molar-refractivity contribution < 1.29 is 13.9 Å². The van der Waals surface area contributed by atoms with E-state index < -0.39 is 0 Å². The molecule has 24 heavy (non-hydrogen) atoms. The zero-order chi connectivity index (χ0) is 17.3. The SMILES string of the molecule is COc1cc(C(=O)NC2CCC(C)CC2)nc2c(C)cc(F)cc12. The van der Waals surface area contributed by atoms with Crippen molar-refractivity contribution in [1.29, 1.82) is 0 Å². The smallest absolute Gasteiger partial charge is 0.270 e. The van der Waals surface area contributed by atoms with E-state index in [0.717, 1.165) is 31.6 Å². The Morgan fingerprint density at radius 1 is 1.25 bits per heavy atom. The molecule has 1 saturated carbocycles. The quantitative estimate of drug-likeness (QED) is 0.925. The third kappa shape index (κ3) is 3.35. The van der Waals surface area contributed by atoms with E-state index >= 15 is 0 Å². The number of carbonyl (C=O) groups excluding carboxylic acids is 1. The molecular weight excluding hydrogens is 307 g/mol. The molecule has 4 nitrogen and oxygen atoms in total. The molecule has 2 aromatic rings. The van der Waals surface area contributed by atoms with Gasteiger partial charge in [-0.05, 0) is 56.2 Å². The van der Waals surface area contributed by atoms with Gasteiger partial charge >= 0.3 is 0 Å². The number of aromatic nitrogens is 1. The molecule has 0 radical (unpaired) electrons. The van der Waals surface area contributed by atoms with Gasteiger partial charge in [-0.25, -0.2) is 9.37 Å². The van der Waals surface area contributed by atoms with Crippen LogP contribution in [0.2, 0.25) is 0 Å². The first-order valence-electron chi connectivity index (χ1n) is 8.43. The lowest BCUT2D eigenvalue weighted by molar-refractivity contribution is 0.0918. The number of hydrogen-bond donors (Lipinski definition) is 1. The molecule has 0 aliphatic heterocycles. The number of hydrogen-bond acceptors (Lipinski definition) is 3. The molecular formula is C19H23FN2O2. The predicted molar refractivity (Wildman–Crippen MR) is 91.9 cm³/mol. The fourth-order valence-corrected chi connectivity index (χ4v) is 3.38. The summed E-state index contributed by atoms with van der Waals surface area (Å²) < 4.78 is 19.0. The second-order valence-electron chi connectivity index (χ2n) is 6.76. The van der Waals surface area contributed by atoms with E-state index in [1.165, 1.54) is 19.2 Å². The lowest BCUT2D eigenvalue weighted by Gasteiger charge is -2.26. The Bertz CT molecular complexity index is 768. The van der Waals surface area contributed by atoms with Crippen LogP contribution in [-0.2, 0) is 0 Å². The van der Waals surface area contributed by atoms with Crippen LogP contribution >= 0.6 is 0 Å². The molecule has 1 aliphatic rings. The van der Waals surface area contributed by atoms with Crippen LogP contribution in [0.4, 0.5) is 4.39 Å². The van der Waals surface area contributed by atoms with Crippen LogP contribution in [0.3, 0.4) is 0 Å². The molecule has 1 aromatic heterocycles. The summed E-state index contributed by atoms with van der Waals surface area (Å²) >= 11 is 0. The number of rotatable bonds is 3. The molecule has 0 bridgehead atoms. The fraction of sp³-hybridized carbons (Fsp3) is 0.474. The van der Waals surface area contributed by atoms with E-state index in [0.29, 0.717) is 27.9 Å². The zero-order valence-electron chi connectivity index (χ0n) is 14.4. The molecule has 128 valence electrons. The summed E-state index contributed by atoms with van der Waals surface area (Å²) in [6, 6.07) is 4.59. The van der Waals surface area contributed by atoms with Gasteiger partial charge in [0.2, 0.25) is 0 Å². The van der Waals surface area contributed by atoms with Gasteiger partial charge in [0, 0.05) is 17.5 Å². The Morgan fingerprint density at radius 2 is 1.96 bits per heavy atom. The highest BCUT2D eigenvalue weighted by molar-refractivity contribution is 5.97. The normalized spacial score (nSPS) is 20.8. The first-order valence-corrected chi connectivity index (χ1v) is 8.43. The highest BCUT2D eigenvalue weighted by Gasteiger charge is 2.22. The number of aryl methyl sites for hydroxylation is 1. The van der Waals surface area contributed by atoms with E-state index in [-0.39, 0.29) is 17.8 Å². The number of ether oxygens (including phenoxy) is 1. The number of methoxy groups -OCH3 is 1. The summed E-state index contributed by atoms with van der Waals surface area (Å²) in [5.41, 5.74) is 1.59. The Morgan fingerprint density at radius 3 is 2.62 bits per heavy atom. The summed E-state index contributed by atoms with van der Waals surface area (Å²) in [6.45, 7) is 4.03. The van der Waals surface area contributed by atoms with Crippen molar-refractivity contribution in [1.82, 2.24) is 10.3 Å². The summed E-state index contributed by atoms with van der Waals surface area (Å²) in [6.07, 6.45) is 4.28. The van der Waals surface area contributed by atoms with Crippen LogP contribution in [0.5, 0.6) is 5.75 Å². The predicted octanol–water partition coefficient (Wildman–Crippen LogP) is 4.00. The first-order chi connectivity index (χ1) is 11.5. The van der Waals surface area contributed by atoms with Crippen LogP contribution in [0.1, 0.15) is 48.7 Å². The number of carbonyl (C=O) groups is 1. The molecule has 0 atom stereocenters. The number of benzene rings is 1. The zero-order valence-corrected chi connectivity index (χ0v) is 14.4. The molecule has 5 heteroatoms. The average molecular weight is 330 g/mol. The first kappa shape index (κ1) is 16.7. The number of fused-ring (bicyclic) bond motifs is 1. The molecule has 0 saturated heterocycles. The molecule has 0 unspecified atom stereocenters. The molecule has 1 N–H and O–H groups in total. The minimum absolute atomic E-state index is 0.196. The minimum atomic E-state index is -0.339. The summed E-state index contributed by atoms with van der Waals surface area (Å²) in [4.78, 5) is 17.0. The number of amides is 1. The summed E-state index contributed by atoms with van der Waals surface area (Å²) in [5, 5.41) is 3.65. The molecule has 1 fully saturated rings. The maximum Gasteiger partial charge on any atom is 0.270 e. The van der Waals surface area contributed by atoms with Gasteiger partial charge in [0.1, 0.15) is 17.3 Å². The van der Waals surface area contributed by atoms with Gasteiger partial charge in [-0.15, -0.1) is 0 Å². The van der Waals surface area contributed by atoms with Gasteiger partial charge < -0.3 is 10.1 Å². The van der Waals surface area contributed by atoms with E-state index in [2.05, 4.69) is 17.2 Å². The van der Waals surface area contributed by atoms with Gasteiger partial charge in [0.15, 0.2) is 0 Å². The van der Waals surface area contributed by atoms with Crippen LogP contribution in [0.15, 0.2) is 18.2 Å².